The maximum Gasteiger partial charge on any atom is 0.252 e. The van der Waals surface area contributed by atoms with Crippen LogP contribution in [0.2, 0.25) is 0 Å². The van der Waals surface area contributed by atoms with E-state index in [2.05, 4.69) is 24.4 Å². The maximum absolute atomic E-state index is 11.6. The first kappa shape index (κ1) is 21.2. The number of rotatable bonds is 6. The van der Waals surface area contributed by atoms with Crippen molar-refractivity contribution in [1.82, 2.24) is 5.32 Å². The molecule has 27 heavy (non-hydrogen) atoms. The van der Waals surface area contributed by atoms with E-state index in [4.69, 9.17) is 5.73 Å². The zero-order chi connectivity index (χ0) is 18.7. The van der Waals surface area contributed by atoms with Gasteiger partial charge >= 0.3 is 0 Å². The highest BCUT2D eigenvalue weighted by molar-refractivity contribution is 5.97. The molecule has 3 rings (SSSR count). The van der Waals surface area contributed by atoms with Crippen molar-refractivity contribution in [2.45, 2.75) is 50.8 Å². The smallest absolute Gasteiger partial charge is 0.252 e. The lowest BCUT2D eigenvalue weighted by molar-refractivity contribution is 0.0985. The van der Waals surface area contributed by atoms with Crippen LogP contribution in [0.5, 0.6) is 5.75 Å². The number of halogens is 1. The number of benzene rings is 2. The molecule has 0 saturated carbocycles. The third-order valence-corrected chi connectivity index (χ3v) is 5.19. The van der Waals surface area contributed by atoms with Gasteiger partial charge in [-0.15, -0.1) is 12.4 Å². The summed E-state index contributed by atoms with van der Waals surface area (Å²) in [5, 5.41) is 24.2. The molecule has 1 aliphatic rings. The standard InChI is InChI=1S/C21H26N2O3.ClH/c1-13(7-8-14-5-3-2-4-6-14)23-17-11-9-15-16(20(17)25)10-12-18(24)19(15)21(22)26;/h2-6,10,12-13,17,20,23-25H,7-9,11H2,1H3,(H2,22,26);1H. The largest absolute Gasteiger partial charge is 0.507 e. The molecule has 1 amide bonds. The maximum atomic E-state index is 11.6. The quantitative estimate of drug-likeness (QED) is 0.609. The van der Waals surface area contributed by atoms with E-state index in [0.29, 0.717) is 24.0 Å². The molecule has 0 saturated heterocycles. The average molecular weight is 391 g/mol. The molecule has 3 unspecified atom stereocenters. The number of carbonyl (C=O) groups excluding carboxylic acids is 1. The molecule has 0 heterocycles. The van der Waals surface area contributed by atoms with E-state index in [1.54, 1.807) is 6.07 Å². The van der Waals surface area contributed by atoms with Gasteiger partial charge in [-0.25, -0.2) is 0 Å². The minimum atomic E-state index is -0.725. The lowest BCUT2D eigenvalue weighted by Gasteiger charge is -2.34. The second-order valence-corrected chi connectivity index (χ2v) is 7.07. The minimum Gasteiger partial charge on any atom is -0.507 e. The second kappa shape index (κ2) is 9.22. The van der Waals surface area contributed by atoms with E-state index in [1.165, 1.54) is 11.6 Å². The molecule has 5 nitrogen and oxygen atoms in total. The summed E-state index contributed by atoms with van der Waals surface area (Å²) in [6, 6.07) is 13.6. The van der Waals surface area contributed by atoms with Crippen molar-refractivity contribution in [2.75, 3.05) is 0 Å². The number of hydrogen-bond acceptors (Lipinski definition) is 4. The molecule has 6 heteroatoms. The number of aliphatic hydroxyl groups is 1. The molecule has 3 atom stereocenters. The van der Waals surface area contributed by atoms with Crippen molar-refractivity contribution < 1.29 is 15.0 Å². The number of amides is 1. The van der Waals surface area contributed by atoms with Crippen LogP contribution in [0, 0.1) is 0 Å². The van der Waals surface area contributed by atoms with E-state index in [9.17, 15) is 15.0 Å². The molecule has 146 valence electrons. The van der Waals surface area contributed by atoms with E-state index >= 15 is 0 Å². The molecular formula is C21H27ClN2O3. The Hall–Kier alpha value is -2.08. The molecule has 0 fully saturated rings. The predicted octanol–water partition coefficient (Wildman–Crippen LogP) is 2.87. The number of nitrogens with two attached hydrogens (primary N) is 1. The molecule has 0 aliphatic heterocycles. The van der Waals surface area contributed by atoms with E-state index in [-0.39, 0.29) is 35.8 Å². The van der Waals surface area contributed by atoms with Gasteiger partial charge in [0.25, 0.3) is 5.91 Å². The summed E-state index contributed by atoms with van der Waals surface area (Å²) in [5.74, 6) is -0.778. The first-order valence-electron chi connectivity index (χ1n) is 9.10. The Labute approximate surface area is 166 Å². The fourth-order valence-corrected chi connectivity index (χ4v) is 3.80. The number of aliphatic hydroxyl groups excluding tert-OH is 1. The number of primary amides is 1. The fourth-order valence-electron chi connectivity index (χ4n) is 3.80. The van der Waals surface area contributed by atoms with Gasteiger partial charge in [-0.2, -0.15) is 0 Å². The lowest BCUT2D eigenvalue weighted by Crippen LogP contribution is -2.43. The van der Waals surface area contributed by atoms with E-state index in [1.807, 2.05) is 18.2 Å². The Bertz CT molecular complexity index is 782. The lowest BCUT2D eigenvalue weighted by atomic mass is 9.82. The van der Waals surface area contributed by atoms with Crippen LogP contribution >= 0.6 is 12.4 Å². The van der Waals surface area contributed by atoms with Crippen LogP contribution in [0.25, 0.3) is 0 Å². The number of aromatic hydroxyl groups is 1. The highest BCUT2D eigenvalue weighted by atomic mass is 35.5. The number of carbonyl (C=O) groups is 1. The first-order valence-corrected chi connectivity index (χ1v) is 9.10. The van der Waals surface area contributed by atoms with Crippen molar-refractivity contribution in [1.29, 1.82) is 0 Å². The number of phenols is 1. The Kier molecular flexibility index (Phi) is 7.25. The van der Waals surface area contributed by atoms with Gasteiger partial charge in [0.05, 0.1) is 11.7 Å². The van der Waals surface area contributed by atoms with Crippen LogP contribution < -0.4 is 11.1 Å². The topological polar surface area (TPSA) is 95.6 Å². The first-order chi connectivity index (χ1) is 12.5. The van der Waals surface area contributed by atoms with Gasteiger partial charge in [-0.3, -0.25) is 4.79 Å². The van der Waals surface area contributed by atoms with Crippen LogP contribution in [0.1, 0.15) is 52.9 Å². The van der Waals surface area contributed by atoms with Crippen LogP contribution in [-0.4, -0.2) is 28.2 Å². The SMILES string of the molecule is CC(CCc1ccccc1)NC1CCc2c(ccc(O)c2C(N)=O)C1O.Cl. The number of nitrogens with one attached hydrogen (secondary N) is 1. The molecular weight excluding hydrogens is 364 g/mol. The summed E-state index contributed by atoms with van der Waals surface area (Å²) in [4.78, 5) is 11.6. The van der Waals surface area contributed by atoms with Gasteiger partial charge in [0.1, 0.15) is 5.75 Å². The highest BCUT2D eigenvalue weighted by Crippen LogP contribution is 2.35. The fraction of sp³-hybridized carbons (Fsp3) is 0.381. The molecule has 5 N–H and O–H groups in total. The van der Waals surface area contributed by atoms with Crippen LogP contribution in [0.4, 0.5) is 0 Å². The summed E-state index contributed by atoms with van der Waals surface area (Å²) < 4.78 is 0. The number of hydrogen-bond donors (Lipinski definition) is 4. The zero-order valence-corrected chi connectivity index (χ0v) is 16.2. The minimum absolute atomic E-state index is 0. The Balaban J connectivity index is 0.00000261. The Morgan fingerprint density at radius 3 is 2.63 bits per heavy atom. The van der Waals surface area contributed by atoms with Gasteiger partial charge in [0.15, 0.2) is 0 Å². The van der Waals surface area contributed by atoms with Crippen molar-refractivity contribution >= 4 is 18.3 Å². The van der Waals surface area contributed by atoms with Gasteiger partial charge in [-0.1, -0.05) is 36.4 Å². The van der Waals surface area contributed by atoms with E-state index in [0.717, 1.165) is 12.8 Å². The van der Waals surface area contributed by atoms with Crippen molar-refractivity contribution in [3.05, 3.63) is 64.7 Å². The van der Waals surface area contributed by atoms with Crippen LogP contribution in [0.15, 0.2) is 42.5 Å². The van der Waals surface area contributed by atoms with Crippen molar-refractivity contribution in [2.24, 2.45) is 5.73 Å². The van der Waals surface area contributed by atoms with Crippen molar-refractivity contribution in [3.63, 3.8) is 0 Å². The van der Waals surface area contributed by atoms with Crippen LogP contribution in [-0.2, 0) is 12.8 Å². The highest BCUT2D eigenvalue weighted by Gasteiger charge is 2.32. The molecule has 0 radical (unpaired) electrons. The Morgan fingerprint density at radius 2 is 1.96 bits per heavy atom. The summed E-state index contributed by atoms with van der Waals surface area (Å²) in [6.07, 6.45) is 2.52. The molecule has 2 aromatic carbocycles. The number of aryl methyl sites for hydroxylation is 1. The normalized spacial score (nSPS) is 19.6. The molecule has 1 aliphatic carbocycles. The van der Waals surface area contributed by atoms with Crippen molar-refractivity contribution in [3.8, 4) is 5.75 Å². The molecule has 0 spiro atoms. The third kappa shape index (κ3) is 4.80. The predicted molar refractivity (Wildman–Crippen MR) is 108 cm³/mol. The van der Waals surface area contributed by atoms with Crippen LogP contribution in [0.3, 0.4) is 0 Å². The summed E-state index contributed by atoms with van der Waals surface area (Å²) in [7, 11) is 0. The molecule has 2 aromatic rings. The summed E-state index contributed by atoms with van der Waals surface area (Å²) in [6.45, 7) is 2.12. The zero-order valence-electron chi connectivity index (χ0n) is 15.4. The number of fused-ring (bicyclic) bond motifs is 1. The van der Waals surface area contributed by atoms with Gasteiger partial charge < -0.3 is 21.3 Å². The monoisotopic (exact) mass is 390 g/mol. The van der Waals surface area contributed by atoms with Gasteiger partial charge in [-0.05, 0) is 55.4 Å². The summed E-state index contributed by atoms with van der Waals surface area (Å²) in [5.41, 5.74) is 8.18. The second-order valence-electron chi connectivity index (χ2n) is 7.07. The van der Waals surface area contributed by atoms with Gasteiger partial charge in [0.2, 0.25) is 0 Å². The van der Waals surface area contributed by atoms with Gasteiger partial charge in [0, 0.05) is 12.1 Å². The average Bonchev–Trinajstić information content (AvgIpc) is 2.62. The molecule has 0 aromatic heterocycles. The third-order valence-electron chi connectivity index (χ3n) is 5.19. The summed E-state index contributed by atoms with van der Waals surface area (Å²) >= 11 is 0. The molecule has 0 bridgehead atoms. The Morgan fingerprint density at radius 1 is 1.26 bits per heavy atom. The van der Waals surface area contributed by atoms with E-state index < -0.39 is 12.0 Å².